The summed E-state index contributed by atoms with van der Waals surface area (Å²) in [4.78, 5) is 0.652. The average molecular weight is 351 g/mol. The van der Waals surface area contributed by atoms with Crippen LogP contribution in [0.5, 0.6) is 5.75 Å². The van der Waals surface area contributed by atoms with E-state index in [-0.39, 0.29) is 5.82 Å². The fraction of sp³-hybridized carbons (Fsp3) is 0.0952. The first-order valence-corrected chi connectivity index (χ1v) is 8.41. The molecule has 0 unspecified atom stereocenters. The van der Waals surface area contributed by atoms with Crippen molar-refractivity contribution in [3.8, 4) is 5.75 Å². The van der Waals surface area contributed by atoms with Crippen molar-refractivity contribution in [2.75, 3.05) is 0 Å². The van der Waals surface area contributed by atoms with Gasteiger partial charge in [0, 0.05) is 12.1 Å². The molecule has 3 aromatic rings. The second-order valence-electron chi connectivity index (χ2n) is 5.61. The third-order valence-electron chi connectivity index (χ3n) is 3.73. The smallest absolute Gasteiger partial charge is 0.123 e. The molecule has 0 heterocycles. The first-order chi connectivity index (χ1) is 12.2. The van der Waals surface area contributed by atoms with Crippen molar-refractivity contribution in [1.29, 1.82) is 0 Å². The van der Waals surface area contributed by atoms with E-state index < -0.39 is 0 Å². The van der Waals surface area contributed by atoms with Gasteiger partial charge in [0.05, 0.1) is 0 Å². The lowest BCUT2D eigenvalue weighted by molar-refractivity contribution is 0.306. The van der Waals surface area contributed by atoms with E-state index >= 15 is 0 Å². The molecule has 0 saturated heterocycles. The van der Waals surface area contributed by atoms with Crippen LogP contribution < -0.4 is 10.1 Å². The Hall–Kier alpha value is -2.72. The minimum Gasteiger partial charge on any atom is -0.489 e. The van der Waals surface area contributed by atoms with Gasteiger partial charge >= 0.3 is 0 Å². The minimum atomic E-state index is -0.239. The fourth-order valence-corrected chi connectivity index (χ4v) is 2.54. The molecule has 0 radical (unpaired) electrons. The molecule has 0 bridgehead atoms. The van der Waals surface area contributed by atoms with E-state index in [1.807, 2.05) is 54.6 Å². The summed E-state index contributed by atoms with van der Waals surface area (Å²) in [5, 5.41) is 3.18. The first-order valence-electron chi connectivity index (χ1n) is 8.00. The zero-order valence-electron chi connectivity index (χ0n) is 13.6. The van der Waals surface area contributed by atoms with Crippen molar-refractivity contribution in [1.82, 2.24) is 5.32 Å². The summed E-state index contributed by atoms with van der Waals surface area (Å²) < 4.78 is 18.7. The Morgan fingerprint density at radius 1 is 0.840 bits per heavy atom. The molecule has 1 N–H and O–H groups in total. The summed E-state index contributed by atoms with van der Waals surface area (Å²) in [7, 11) is 0. The number of hydrogen-bond donors (Lipinski definition) is 1. The quantitative estimate of drug-likeness (QED) is 0.640. The Kier molecular flexibility index (Phi) is 5.75. The van der Waals surface area contributed by atoms with Gasteiger partial charge in [0.1, 0.15) is 23.2 Å². The van der Waals surface area contributed by atoms with Gasteiger partial charge in [0.25, 0.3) is 0 Å². The molecule has 0 aromatic heterocycles. The number of rotatable bonds is 6. The second-order valence-corrected chi connectivity index (χ2v) is 6.02. The van der Waals surface area contributed by atoms with Crippen LogP contribution in [0.15, 0.2) is 78.9 Å². The molecule has 0 fully saturated rings. The highest BCUT2D eigenvalue weighted by atomic mass is 32.1. The molecule has 0 atom stereocenters. The Morgan fingerprint density at radius 3 is 2.20 bits per heavy atom. The topological polar surface area (TPSA) is 21.3 Å². The molecule has 126 valence electrons. The second kappa shape index (κ2) is 8.40. The van der Waals surface area contributed by atoms with Crippen molar-refractivity contribution in [2.45, 2.75) is 13.2 Å². The van der Waals surface area contributed by atoms with Gasteiger partial charge in [-0.1, -0.05) is 54.7 Å². The summed E-state index contributed by atoms with van der Waals surface area (Å²) in [6.45, 7) is 1.10. The summed E-state index contributed by atoms with van der Waals surface area (Å²) >= 11 is 5.40. The lowest BCUT2D eigenvalue weighted by Crippen LogP contribution is -2.21. The number of hydrogen-bond acceptors (Lipinski definition) is 2. The third kappa shape index (κ3) is 5.13. The Bertz CT molecular complexity index is 817. The van der Waals surface area contributed by atoms with Crippen LogP contribution in [0.25, 0.3) is 0 Å². The molecule has 4 heteroatoms. The molecule has 0 aliphatic heterocycles. The molecule has 3 aromatic carbocycles. The monoisotopic (exact) mass is 351 g/mol. The summed E-state index contributed by atoms with van der Waals surface area (Å²) in [6, 6.07) is 24.1. The number of benzene rings is 3. The van der Waals surface area contributed by atoms with Crippen LogP contribution in [0.2, 0.25) is 0 Å². The highest BCUT2D eigenvalue weighted by Crippen LogP contribution is 2.15. The predicted molar refractivity (Wildman–Crippen MR) is 102 cm³/mol. The molecule has 2 nitrogen and oxygen atoms in total. The predicted octanol–water partition coefficient (Wildman–Crippen LogP) is 4.87. The molecule has 0 aliphatic rings. The Morgan fingerprint density at radius 2 is 1.52 bits per heavy atom. The zero-order chi connectivity index (χ0) is 17.5. The first kappa shape index (κ1) is 17.1. The maximum atomic E-state index is 12.9. The van der Waals surface area contributed by atoms with Gasteiger partial charge in [-0.25, -0.2) is 4.39 Å². The van der Waals surface area contributed by atoms with Crippen molar-refractivity contribution < 1.29 is 9.13 Å². The largest absolute Gasteiger partial charge is 0.489 e. The highest BCUT2D eigenvalue weighted by molar-refractivity contribution is 7.80. The molecule has 3 rings (SSSR count). The van der Waals surface area contributed by atoms with Crippen LogP contribution in [0.4, 0.5) is 4.39 Å². The van der Waals surface area contributed by atoms with E-state index in [1.165, 1.54) is 12.1 Å². The lowest BCUT2D eigenvalue weighted by Gasteiger charge is -2.10. The van der Waals surface area contributed by atoms with Crippen LogP contribution in [0, 0.1) is 5.82 Å². The van der Waals surface area contributed by atoms with Gasteiger partial charge in [0.15, 0.2) is 0 Å². The fourth-order valence-electron chi connectivity index (χ4n) is 2.33. The number of nitrogens with one attached hydrogen (secondary N) is 1. The molecule has 0 amide bonds. The van der Waals surface area contributed by atoms with Crippen LogP contribution in [0.3, 0.4) is 0 Å². The number of halogens is 1. The molecule has 0 aliphatic carbocycles. The van der Waals surface area contributed by atoms with Crippen molar-refractivity contribution in [3.63, 3.8) is 0 Å². The van der Waals surface area contributed by atoms with E-state index in [0.717, 1.165) is 22.4 Å². The molecular weight excluding hydrogens is 333 g/mol. The van der Waals surface area contributed by atoms with Gasteiger partial charge in [-0.2, -0.15) is 0 Å². The normalized spacial score (nSPS) is 10.3. The maximum Gasteiger partial charge on any atom is 0.123 e. The van der Waals surface area contributed by atoms with E-state index in [4.69, 9.17) is 17.0 Å². The molecule has 0 saturated carbocycles. The summed E-state index contributed by atoms with van der Waals surface area (Å²) in [6.07, 6.45) is 0. The van der Waals surface area contributed by atoms with Gasteiger partial charge in [-0.05, 0) is 47.5 Å². The van der Waals surface area contributed by atoms with Crippen LogP contribution in [-0.4, -0.2) is 4.99 Å². The van der Waals surface area contributed by atoms with Crippen LogP contribution in [-0.2, 0) is 13.2 Å². The Balaban J connectivity index is 1.52. The molecular formula is C21H18FNOS. The third-order valence-corrected chi connectivity index (χ3v) is 4.11. The van der Waals surface area contributed by atoms with Gasteiger partial charge in [-0.15, -0.1) is 0 Å². The van der Waals surface area contributed by atoms with Crippen molar-refractivity contribution in [2.24, 2.45) is 0 Å². The lowest BCUT2D eigenvalue weighted by atomic mass is 10.2. The van der Waals surface area contributed by atoms with Crippen molar-refractivity contribution in [3.05, 3.63) is 101 Å². The molecule has 0 spiro atoms. The van der Waals surface area contributed by atoms with E-state index in [9.17, 15) is 4.39 Å². The van der Waals surface area contributed by atoms with Gasteiger partial charge in [0.2, 0.25) is 0 Å². The maximum absolute atomic E-state index is 12.9. The van der Waals surface area contributed by atoms with E-state index in [0.29, 0.717) is 18.1 Å². The van der Waals surface area contributed by atoms with Gasteiger partial charge in [-0.3, -0.25) is 0 Å². The standard InChI is InChI=1S/C21H18FNOS/c22-19-10-6-16(7-11-19)14-23-21(25)18-8-12-20(13-9-18)24-15-17-4-2-1-3-5-17/h1-13H,14-15H2,(H,23,25). The number of thiocarbonyl (C=S) groups is 1. The Labute approximate surface area is 152 Å². The highest BCUT2D eigenvalue weighted by Gasteiger charge is 2.03. The van der Waals surface area contributed by atoms with Crippen LogP contribution >= 0.6 is 12.2 Å². The molecule has 25 heavy (non-hydrogen) atoms. The van der Waals surface area contributed by atoms with E-state index in [1.54, 1.807) is 12.1 Å². The van der Waals surface area contributed by atoms with Crippen molar-refractivity contribution >= 4 is 17.2 Å². The van der Waals surface area contributed by atoms with Gasteiger partial charge < -0.3 is 10.1 Å². The summed E-state index contributed by atoms with van der Waals surface area (Å²) in [5.41, 5.74) is 3.03. The number of ether oxygens (including phenoxy) is 1. The van der Waals surface area contributed by atoms with E-state index in [2.05, 4.69) is 5.32 Å². The minimum absolute atomic E-state index is 0.239. The average Bonchev–Trinajstić information content (AvgIpc) is 2.67. The van der Waals surface area contributed by atoms with Crippen LogP contribution in [0.1, 0.15) is 16.7 Å². The zero-order valence-corrected chi connectivity index (χ0v) is 14.4. The summed E-state index contributed by atoms with van der Waals surface area (Å²) in [5.74, 6) is 0.561. The SMILES string of the molecule is Fc1ccc(CNC(=S)c2ccc(OCc3ccccc3)cc2)cc1.